The average Bonchev–Trinajstić information content (AvgIpc) is 3.39. The Morgan fingerprint density at radius 1 is 0.886 bits per heavy atom. The molecule has 1 aromatic heterocycles. The highest BCUT2D eigenvalue weighted by atomic mass is 16.5. The van der Waals surface area contributed by atoms with Crippen molar-refractivity contribution in [3.63, 3.8) is 0 Å². The second-order valence-corrected chi connectivity index (χ2v) is 9.30. The minimum absolute atomic E-state index is 0.194. The zero-order valence-corrected chi connectivity index (χ0v) is 21.6. The van der Waals surface area contributed by atoms with Crippen molar-refractivity contribution >= 4 is 5.69 Å². The molecule has 0 amide bonds. The van der Waals surface area contributed by atoms with Crippen LogP contribution in [0.5, 0.6) is 17.2 Å². The summed E-state index contributed by atoms with van der Waals surface area (Å²) in [5, 5.41) is 13.1. The van der Waals surface area contributed by atoms with Crippen molar-refractivity contribution in [2.75, 3.05) is 52.4 Å². The van der Waals surface area contributed by atoms with Crippen molar-refractivity contribution in [3.8, 4) is 17.2 Å². The summed E-state index contributed by atoms with van der Waals surface area (Å²) in [4.78, 5) is 4.80. The number of methoxy groups -OCH3 is 3. The molecule has 1 aliphatic rings. The van der Waals surface area contributed by atoms with Crippen LogP contribution in [0.2, 0.25) is 0 Å². The molecule has 1 aliphatic heterocycles. The van der Waals surface area contributed by atoms with Crippen molar-refractivity contribution in [3.05, 3.63) is 53.9 Å². The number of ether oxygens (including phenoxy) is 3. The summed E-state index contributed by atoms with van der Waals surface area (Å²) >= 11 is 0. The summed E-state index contributed by atoms with van der Waals surface area (Å²) in [7, 11) is 5.05. The van der Waals surface area contributed by atoms with E-state index in [1.54, 1.807) is 21.3 Å². The molecule has 1 saturated heterocycles. The van der Waals surface area contributed by atoms with Crippen LogP contribution in [-0.2, 0) is 5.54 Å². The van der Waals surface area contributed by atoms with Gasteiger partial charge < -0.3 is 19.1 Å². The van der Waals surface area contributed by atoms with Gasteiger partial charge in [-0.2, -0.15) is 0 Å². The molecule has 1 atom stereocenters. The first kappa shape index (κ1) is 24.8. The van der Waals surface area contributed by atoms with Gasteiger partial charge in [-0.1, -0.05) is 31.2 Å². The lowest BCUT2D eigenvalue weighted by molar-refractivity contribution is 0.183. The van der Waals surface area contributed by atoms with Gasteiger partial charge in [0.25, 0.3) is 0 Å². The molecule has 0 aliphatic carbocycles. The van der Waals surface area contributed by atoms with E-state index >= 15 is 0 Å². The van der Waals surface area contributed by atoms with Crippen LogP contribution in [-0.4, -0.2) is 72.6 Å². The quantitative estimate of drug-likeness (QED) is 0.458. The molecule has 1 fully saturated rings. The number of benzene rings is 2. The van der Waals surface area contributed by atoms with Crippen molar-refractivity contribution in [1.82, 2.24) is 25.1 Å². The highest BCUT2D eigenvalue weighted by Crippen LogP contribution is 2.41. The molecule has 2 heterocycles. The van der Waals surface area contributed by atoms with Gasteiger partial charge in [-0.15, -0.1) is 5.10 Å². The van der Waals surface area contributed by atoms with Gasteiger partial charge in [0.05, 0.1) is 32.6 Å². The highest BCUT2D eigenvalue weighted by molar-refractivity contribution is 5.58. The summed E-state index contributed by atoms with van der Waals surface area (Å²) in [6, 6.07) is 14.0. The van der Waals surface area contributed by atoms with E-state index < -0.39 is 0 Å². The van der Waals surface area contributed by atoms with Crippen LogP contribution in [0.1, 0.15) is 44.6 Å². The third-order valence-corrected chi connectivity index (χ3v) is 7.01. The van der Waals surface area contributed by atoms with E-state index in [2.05, 4.69) is 64.3 Å². The van der Waals surface area contributed by atoms with Crippen molar-refractivity contribution in [2.45, 2.75) is 38.8 Å². The molecule has 9 nitrogen and oxygen atoms in total. The van der Waals surface area contributed by atoms with E-state index in [1.165, 1.54) is 0 Å². The van der Waals surface area contributed by atoms with Gasteiger partial charge in [-0.3, -0.25) is 4.90 Å². The van der Waals surface area contributed by atoms with Gasteiger partial charge in [0, 0.05) is 31.7 Å². The standard InChI is InChI=1S/C26H36N6O3/c1-7-26(2,3)32-25(27-28-29-32)23(19-11-10-14-22(34-5)24(19)35-6)31-17-15-30(16-18-31)20-12-8-9-13-21(20)33-4/h8-14,23H,7,15-18H2,1-6H3/t23-/m0/s1. The van der Waals surface area contributed by atoms with Crippen LogP contribution < -0.4 is 19.1 Å². The number of hydrogen-bond donors (Lipinski definition) is 0. The zero-order valence-electron chi connectivity index (χ0n) is 21.6. The van der Waals surface area contributed by atoms with Crippen LogP contribution in [0.15, 0.2) is 42.5 Å². The molecular weight excluding hydrogens is 444 g/mol. The molecule has 3 aromatic rings. The first-order valence-electron chi connectivity index (χ1n) is 12.1. The Labute approximate surface area is 207 Å². The molecule has 0 radical (unpaired) electrons. The molecule has 188 valence electrons. The topological polar surface area (TPSA) is 77.8 Å². The smallest absolute Gasteiger partial charge is 0.173 e. The van der Waals surface area contributed by atoms with Gasteiger partial charge in [0.2, 0.25) is 0 Å². The van der Waals surface area contributed by atoms with E-state index in [4.69, 9.17) is 14.2 Å². The lowest BCUT2D eigenvalue weighted by Gasteiger charge is -2.41. The molecule has 0 saturated carbocycles. The monoisotopic (exact) mass is 480 g/mol. The van der Waals surface area contributed by atoms with Gasteiger partial charge >= 0.3 is 0 Å². The van der Waals surface area contributed by atoms with E-state index in [9.17, 15) is 0 Å². The number of anilines is 1. The second kappa shape index (κ2) is 10.5. The molecular formula is C26H36N6O3. The maximum atomic E-state index is 5.85. The Bertz CT molecular complexity index is 1120. The number of nitrogens with zero attached hydrogens (tertiary/aromatic N) is 6. The summed E-state index contributed by atoms with van der Waals surface area (Å²) in [5.74, 6) is 3.09. The van der Waals surface area contributed by atoms with Gasteiger partial charge in [0.15, 0.2) is 17.3 Å². The van der Waals surface area contributed by atoms with E-state index in [-0.39, 0.29) is 11.6 Å². The molecule has 0 unspecified atom stereocenters. The normalized spacial score (nSPS) is 15.7. The lowest BCUT2D eigenvalue weighted by Crippen LogP contribution is -2.49. The number of rotatable bonds is 9. The van der Waals surface area contributed by atoms with E-state index in [0.717, 1.165) is 55.4 Å². The Morgan fingerprint density at radius 2 is 1.57 bits per heavy atom. The molecule has 0 bridgehead atoms. The lowest BCUT2D eigenvalue weighted by atomic mass is 9.98. The van der Waals surface area contributed by atoms with Crippen LogP contribution >= 0.6 is 0 Å². The first-order valence-corrected chi connectivity index (χ1v) is 12.1. The molecule has 0 spiro atoms. The minimum Gasteiger partial charge on any atom is -0.495 e. The van der Waals surface area contributed by atoms with Gasteiger partial charge in [-0.25, -0.2) is 4.68 Å². The number of piperazine rings is 1. The third kappa shape index (κ3) is 4.77. The first-order chi connectivity index (χ1) is 16.9. The van der Waals surface area contributed by atoms with Gasteiger partial charge in [-0.05, 0) is 48.9 Å². The van der Waals surface area contributed by atoms with Crippen LogP contribution in [0.25, 0.3) is 0 Å². The Hall–Kier alpha value is -3.33. The largest absolute Gasteiger partial charge is 0.495 e. The number of aromatic nitrogens is 4. The highest BCUT2D eigenvalue weighted by Gasteiger charge is 2.36. The van der Waals surface area contributed by atoms with Crippen molar-refractivity contribution in [2.24, 2.45) is 0 Å². The van der Waals surface area contributed by atoms with Gasteiger partial charge in [0.1, 0.15) is 11.8 Å². The number of hydrogen-bond acceptors (Lipinski definition) is 8. The summed E-state index contributed by atoms with van der Waals surface area (Å²) < 4.78 is 19.0. The Kier molecular flexibility index (Phi) is 7.45. The SMILES string of the molecule is CCC(C)(C)n1nnnc1[C@H](c1cccc(OC)c1OC)N1CCN(c2ccccc2OC)CC1. The fourth-order valence-electron chi connectivity index (χ4n) is 4.68. The number of para-hydroxylation sites is 3. The maximum absolute atomic E-state index is 5.85. The Morgan fingerprint density at radius 3 is 2.23 bits per heavy atom. The fourth-order valence-corrected chi connectivity index (χ4v) is 4.68. The molecule has 35 heavy (non-hydrogen) atoms. The summed E-state index contributed by atoms with van der Waals surface area (Å²) in [6.45, 7) is 9.81. The molecule has 9 heteroatoms. The van der Waals surface area contributed by atoms with Crippen molar-refractivity contribution in [1.29, 1.82) is 0 Å². The number of tetrazole rings is 1. The van der Waals surface area contributed by atoms with Crippen molar-refractivity contribution < 1.29 is 14.2 Å². The zero-order chi connectivity index (χ0) is 25.0. The van der Waals surface area contributed by atoms with Crippen LogP contribution in [0.4, 0.5) is 5.69 Å². The summed E-state index contributed by atoms with van der Waals surface area (Å²) in [5.41, 5.74) is 1.87. The summed E-state index contributed by atoms with van der Waals surface area (Å²) in [6.07, 6.45) is 0.897. The predicted molar refractivity (Wildman–Crippen MR) is 136 cm³/mol. The molecule has 0 N–H and O–H groups in total. The third-order valence-electron chi connectivity index (χ3n) is 7.01. The molecule has 2 aromatic carbocycles. The van der Waals surface area contributed by atoms with E-state index in [0.29, 0.717) is 11.5 Å². The minimum atomic E-state index is -0.234. The maximum Gasteiger partial charge on any atom is 0.173 e. The van der Waals surface area contributed by atoms with E-state index in [1.807, 2.05) is 28.9 Å². The predicted octanol–water partition coefficient (Wildman–Crippen LogP) is 3.76. The average molecular weight is 481 g/mol. The fraction of sp³-hybridized carbons (Fsp3) is 0.500. The molecule has 4 rings (SSSR count). The van der Waals surface area contributed by atoms with Crippen LogP contribution in [0, 0.1) is 0 Å². The second-order valence-electron chi connectivity index (χ2n) is 9.30. The Balaban J connectivity index is 1.73. The van der Waals surface area contributed by atoms with Crippen LogP contribution in [0.3, 0.4) is 0 Å².